The number of rotatable bonds is 7. The Bertz CT molecular complexity index is 184. The minimum atomic E-state index is 0.309. The van der Waals surface area contributed by atoms with Gasteiger partial charge >= 0.3 is 0 Å². The second-order valence-electron chi connectivity index (χ2n) is 4.75. The maximum absolute atomic E-state index is 8.61. The van der Waals surface area contributed by atoms with E-state index in [1.54, 1.807) is 0 Å². The third-order valence-electron chi connectivity index (χ3n) is 3.41. The molecule has 3 atom stereocenters. The molecule has 1 saturated heterocycles. The molecule has 0 radical (unpaired) electrons. The standard InChI is InChI=1S/C12H22O3/c13-6-2-1-3-7-14-9-10-4-5-11-12(8-10)15-11/h10-13H,1-9H2. The number of unbranched alkanes of at least 4 members (excludes halogenated alkanes) is 2. The van der Waals surface area contributed by atoms with E-state index in [9.17, 15) is 0 Å². The van der Waals surface area contributed by atoms with E-state index in [1.807, 2.05) is 0 Å². The quantitative estimate of drug-likeness (QED) is 0.518. The summed E-state index contributed by atoms with van der Waals surface area (Å²) in [6.07, 6.45) is 7.96. The Labute approximate surface area is 91.8 Å². The highest BCUT2D eigenvalue weighted by Gasteiger charge is 2.43. The zero-order valence-corrected chi connectivity index (χ0v) is 9.36. The summed E-state index contributed by atoms with van der Waals surface area (Å²) >= 11 is 0. The van der Waals surface area contributed by atoms with Gasteiger partial charge in [-0.1, -0.05) is 0 Å². The van der Waals surface area contributed by atoms with Crippen LogP contribution in [0.2, 0.25) is 0 Å². The molecular weight excluding hydrogens is 192 g/mol. The van der Waals surface area contributed by atoms with E-state index in [0.717, 1.165) is 38.4 Å². The molecule has 0 spiro atoms. The zero-order chi connectivity index (χ0) is 10.5. The van der Waals surface area contributed by atoms with Crippen molar-refractivity contribution in [2.75, 3.05) is 19.8 Å². The molecule has 0 bridgehead atoms. The van der Waals surface area contributed by atoms with Crippen molar-refractivity contribution in [2.45, 2.75) is 50.7 Å². The molecule has 1 aliphatic carbocycles. The van der Waals surface area contributed by atoms with Crippen LogP contribution in [0.5, 0.6) is 0 Å². The van der Waals surface area contributed by atoms with Gasteiger partial charge in [-0.25, -0.2) is 0 Å². The minimum absolute atomic E-state index is 0.309. The maximum atomic E-state index is 8.61. The summed E-state index contributed by atoms with van der Waals surface area (Å²) in [7, 11) is 0. The average Bonchev–Trinajstić information content (AvgIpc) is 3.01. The first kappa shape index (κ1) is 11.4. The lowest BCUT2D eigenvalue weighted by Crippen LogP contribution is -2.18. The van der Waals surface area contributed by atoms with Crippen molar-refractivity contribution in [3.05, 3.63) is 0 Å². The van der Waals surface area contributed by atoms with Crippen LogP contribution in [0.4, 0.5) is 0 Å². The van der Waals surface area contributed by atoms with Gasteiger partial charge in [-0.3, -0.25) is 0 Å². The van der Waals surface area contributed by atoms with Gasteiger partial charge in [0, 0.05) is 19.8 Å². The normalized spacial score (nSPS) is 33.8. The third kappa shape index (κ3) is 3.74. The van der Waals surface area contributed by atoms with E-state index in [2.05, 4.69) is 0 Å². The van der Waals surface area contributed by atoms with Crippen molar-refractivity contribution >= 4 is 0 Å². The molecule has 0 aromatic carbocycles. The second kappa shape index (κ2) is 5.83. The summed E-state index contributed by atoms with van der Waals surface area (Å²) < 4.78 is 11.1. The van der Waals surface area contributed by atoms with Crippen LogP contribution in [0, 0.1) is 5.92 Å². The van der Waals surface area contributed by atoms with Crippen LogP contribution >= 0.6 is 0 Å². The van der Waals surface area contributed by atoms with Crippen molar-refractivity contribution in [1.29, 1.82) is 0 Å². The van der Waals surface area contributed by atoms with Crippen LogP contribution < -0.4 is 0 Å². The highest BCUT2D eigenvalue weighted by Crippen LogP contribution is 2.39. The van der Waals surface area contributed by atoms with Gasteiger partial charge < -0.3 is 14.6 Å². The minimum Gasteiger partial charge on any atom is -0.396 e. The highest BCUT2D eigenvalue weighted by atomic mass is 16.6. The van der Waals surface area contributed by atoms with Gasteiger partial charge in [0.2, 0.25) is 0 Å². The molecule has 3 heteroatoms. The molecule has 1 heterocycles. The number of fused-ring (bicyclic) bond motifs is 1. The van der Waals surface area contributed by atoms with E-state index in [1.165, 1.54) is 19.3 Å². The van der Waals surface area contributed by atoms with Crippen LogP contribution in [0.1, 0.15) is 38.5 Å². The van der Waals surface area contributed by atoms with Gasteiger partial charge in [-0.15, -0.1) is 0 Å². The molecule has 1 aliphatic heterocycles. The number of epoxide rings is 1. The Hall–Kier alpha value is -0.120. The van der Waals surface area contributed by atoms with Gasteiger partial charge in [0.25, 0.3) is 0 Å². The molecular formula is C12H22O3. The van der Waals surface area contributed by atoms with Crippen LogP contribution in [0.25, 0.3) is 0 Å². The molecule has 3 unspecified atom stereocenters. The lowest BCUT2D eigenvalue weighted by Gasteiger charge is -2.18. The van der Waals surface area contributed by atoms with Crippen molar-refractivity contribution in [3.63, 3.8) is 0 Å². The first-order chi connectivity index (χ1) is 7.40. The molecule has 1 N–H and O–H groups in total. The molecule has 2 fully saturated rings. The number of hydrogen-bond acceptors (Lipinski definition) is 3. The largest absolute Gasteiger partial charge is 0.396 e. The molecule has 3 nitrogen and oxygen atoms in total. The summed E-state index contributed by atoms with van der Waals surface area (Å²) in [5, 5.41) is 8.61. The van der Waals surface area contributed by atoms with Gasteiger partial charge in [-0.05, 0) is 44.4 Å². The topological polar surface area (TPSA) is 42.0 Å². The van der Waals surface area contributed by atoms with E-state index >= 15 is 0 Å². The molecule has 0 amide bonds. The molecule has 2 rings (SSSR count). The van der Waals surface area contributed by atoms with E-state index < -0.39 is 0 Å². The fraction of sp³-hybridized carbons (Fsp3) is 1.00. The van der Waals surface area contributed by atoms with Crippen molar-refractivity contribution < 1.29 is 14.6 Å². The summed E-state index contributed by atoms with van der Waals surface area (Å²) in [5.41, 5.74) is 0. The van der Waals surface area contributed by atoms with Crippen LogP contribution in [-0.4, -0.2) is 37.1 Å². The van der Waals surface area contributed by atoms with Crippen molar-refractivity contribution in [1.82, 2.24) is 0 Å². The number of ether oxygens (including phenoxy) is 2. The Kier molecular flexibility index (Phi) is 4.42. The molecule has 88 valence electrons. The first-order valence-electron chi connectivity index (χ1n) is 6.24. The van der Waals surface area contributed by atoms with Crippen molar-refractivity contribution in [2.24, 2.45) is 5.92 Å². The predicted molar refractivity (Wildman–Crippen MR) is 57.8 cm³/mol. The Morgan fingerprint density at radius 1 is 1.13 bits per heavy atom. The Balaban J connectivity index is 1.43. The van der Waals surface area contributed by atoms with Gasteiger partial charge in [0.15, 0.2) is 0 Å². The predicted octanol–water partition coefficient (Wildman–Crippen LogP) is 1.73. The number of hydrogen-bond donors (Lipinski definition) is 1. The first-order valence-corrected chi connectivity index (χ1v) is 6.24. The number of aliphatic hydroxyl groups excluding tert-OH is 1. The summed E-state index contributed by atoms with van der Waals surface area (Å²) in [4.78, 5) is 0. The lowest BCUT2D eigenvalue weighted by molar-refractivity contribution is 0.0845. The van der Waals surface area contributed by atoms with Gasteiger partial charge in [0.1, 0.15) is 0 Å². The monoisotopic (exact) mass is 214 g/mol. The Morgan fingerprint density at radius 3 is 2.87 bits per heavy atom. The maximum Gasteiger partial charge on any atom is 0.0845 e. The van der Waals surface area contributed by atoms with E-state index in [-0.39, 0.29) is 0 Å². The fourth-order valence-corrected chi connectivity index (χ4v) is 2.38. The SMILES string of the molecule is OCCCCCOCC1CCC2OC2C1. The van der Waals surface area contributed by atoms with Gasteiger partial charge in [0.05, 0.1) is 12.2 Å². The third-order valence-corrected chi connectivity index (χ3v) is 3.41. The molecule has 0 aromatic rings. The lowest BCUT2D eigenvalue weighted by atomic mass is 9.90. The molecule has 15 heavy (non-hydrogen) atoms. The smallest absolute Gasteiger partial charge is 0.0845 e. The van der Waals surface area contributed by atoms with Crippen molar-refractivity contribution in [3.8, 4) is 0 Å². The average molecular weight is 214 g/mol. The number of aliphatic hydroxyl groups is 1. The summed E-state index contributed by atoms with van der Waals surface area (Å²) in [6, 6.07) is 0. The van der Waals surface area contributed by atoms with Crippen LogP contribution in [0.15, 0.2) is 0 Å². The zero-order valence-electron chi connectivity index (χ0n) is 9.36. The molecule has 0 aromatic heterocycles. The van der Waals surface area contributed by atoms with E-state index in [4.69, 9.17) is 14.6 Å². The Morgan fingerprint density at radius 2 is 2.07 bits per heavy atom. The van der Waals surface area contributed by atoms with E-state index in [0.29, 0.717) is 18.8 Å². The van der Waals surface area contributed by atoms with Crippen LogP contribution in [0.3, 0.4) is 0 Å². The second-order valence-corrected chi connectivity index (χ2v) is 4.75. The molecule has 2 aliphatic rings. The van der Waals surface area contributed by atoms with Gasteiger partial charge in [-0.2, -0.15) is 0 Å². The highest BCUT2D eigenvalue weighted by molar-refractivity contribution is 4.91. The summed E-state index contributed by atoms with van der Waals surface area (Å²) in [5.74, 6) is 0.728. The molecule has 1 saturated carbocycles. The summed E-state index contributed by atoms with van der Waals surface area (Å²) in [6.45, 7) is 2.07. The fourth-order valence-electron chi connectivity index (χ4n) is 2.38. The van der Waals surface area contributed by atoms with Crippen LogP contribution in [-0.2, 0) is 9.47 Å².